The summed E-state index contributed by atoms with van der Waals surface area (Å²) in [5.41, 5.74) is 0.223. The van der Waals surface area contributed by atoms with Crippen molar-refractivity contribution in [3.05, 3.63) is 0 Å². The van der Waals surface area contributed by atoms with Crippen molar-refractivity contribution >= 4 is 9.28 Å². The lowest BCUT2D eigenvalue weighted by atomic mass is 10.1. The topological polar surface area (TPSA) is 27.3 Å². The van der Waals surface area contributed by atoms with Crippen LogP contribution in [0.25, 0.3) is 0 Å². The largest absolute Gasteiger partial charge is 0.313 e. The summed E-state index contributed by atoms with van der Waals surface area (Å²) in [5, 5.41) is 0. The lowest BCUT2D eigenvalue weighted by molar-refractivity contribution is 0.277. The second-order valence-corrected chi connectivity index (χ2v) is 8.07. The SMILES string of the molecule is CC(C)N[SiH](NC(C)C)N(C)C(C)(C)C. The van der Waals surface area contributed by atoms with Gasteiger partial charge in [-0.3, -0.25) is 0 Å². The van der Waals surface area contributed by atoms with E-state index in [1.54, 1.807) is 0 Å². The van der Waals surface area contributed by atoms with Gasteiger partial charge in [0.2, 0.25) is 0 Å². The lowest BCUT2D eigenvalue weighted by Gasteiger charge is -2.39. The fraction of sp³-hybridized carbons (Fsp3) is 1.00. The summed E-state index contributed by atoms with van der Waals surface area (Å²) in [4.78, 5) is 7.34. The molecule has 2 N–H and O–H groups in total. The Labute approximate surface area is 97.5 Å². The summed E-state index contributed by atoms with van der Waals surface area (Å²) in [7, 11) is 0.975. The van der Waals surface area contributed by atoms with Crippen molar-refractivity contribution < 1.29 is 0 Å². The maximum absolute atomic E-state index is 3.67. The molecule has 0 bridgehead atoms. The van der Waals surface area contributed by atoms with Crippen LogP contribution in [-0.2, 0) is 0 Å². The van der Waals surface area contributed by atoms with Crippen LogP contribution in [0, 0.1) is 0 Å². The molecule has 0 aliphatic carbocycles. The fourth-order valence-electron chi connectivity index (χ4n) is 1.29. The minimum Gasteiger partial charge on any atom is -0.313 e. The first kappa shape index (κ1) is 15.1. The van der Waals surface area contributed by atoms with E-state index in [9.17, 15) is 0 Å². The molecule has 92 valence electrons. The highest BCUT2D eigenvalue weighted by Gasteiger charge is 2.27. The molecule has 0 saturated carbocycles. The predicted molar refractivity (Wildman–Crippen MR) is 71.2 cm³/mol. The first-order valence-electron chi connectivity index (χ1n) is 5.89. The molecule has 0 spiro atoms. The van der Waals surface area contributed by atoms with Gasteiger partial charge in [-0.1, -0.05) is 27.7 Å². The molecule has 0 unspecified atom stereocenters. The van der Waals surface area contributed by atoms with Gasteiger partial charge < -0.3 is 14.5 Å². The molecule has 0 rings (SSSR count). The minimum atomic E-state index is -1.24. The number of rotatable bonds is 5. The van der Waals surface area contributed by atoms with Crippen molar-refractivity contribution in [2.45, 2.75) is 66.1 Å². The van der Waals surface area contributed by atoms with Crippen molar-refractivity contribution in [1.82, 2.24) is 14.5 Å². The monoisotopic (exact) mass is 231 g/mol. The molecule has 0 aromatic carbocycles. The molecule has 0 saturated heterocycles. The Kier molecular flexibility index (Phi) is 6.03. The zero-order chi connectivity index (χ0) is 12.2. The Balaban J connectivity index is 4.47. The van der Waals surface area contributed by atoms with E-state index in [1.807, 2.05) is 0 Å². The summed E-state index contributed by atoms with van der Waals surface area (Å²) in [5.74, 6) is 0. The van der Waals surface area contributed by atoms with Crippen LogP contribution in [0.15, 0.2) is 0 Å². The van der Waals surface area contributed by atoms with Gasteiger partial charge in [-0.05, 0) is 39.9 Å². The van der Waals surface area contributed by atoms with Crippen LogP contribution >= 0.6 is 0 Å². The van der Waals surface area contributed by atoms with Crippen molar-refractivity contribution in [3.8, 4) is 0 Å². The highest BCUT2D eigenvalue weighted by atomic mass is 28.3. The third kappa shape index (κ3) is 6.30. The smallest absolute Gasteiger partial charge is 0.267 e. The van der Waals surface area contributed by atoms with E-state index < -0.39 is 9.28 Å². The normalized spacial score (nSPS) is 13.6. The maximum Gasteiger partial charge on any atom is 0.267 e. The highest BCUT2D eigenvalue weighted by Crippen LogP contribution is 2.10. The standard InChI is InChI=1S/C11H29N3Si/c1-9(2)12-15(13-10(3)4)14(8)11(5,6)7/h9-10,12-13,15H,1-8H3. The summed E-state index contributed by atoms with van der Waals surface area (Å²) in [6.45, 7) is 15.6. The van der Waals surface area contributed by atoms with Crippen molar-refractivity contribution in [3.63, 3.8) is 0 Å². The van der Waals surface area contributed by atoms with E-state index in [0.29, 0.717) is 12.1 Å². The van der Waals surface area contributed by atoms with E-state index in [1.165, 1.54) is 0 Å². The molecule has 0 heterocycles. The van der Waals surface area contributed by atoms with E-state index in [4.69, 9.17) is 0 Å². The summed E-state index contributed by atoms with van der Waals surface area (Å²) < 4.78 is 2.47. The Hall–Kier alpha value is 0.0969. The Morgan fingerprint density at radius 2 is 1.27 bits per heavy atom. The zero-order valence-corrected chi connectivity index (χ0v) is 12.8. The second-order valence-electron chi connectivity index (χ2n) is 5.83. The quantitative estimate of drug-likeness (QED) is 0.701. The number of nitrogens with zero attached hydrogens (tertiary/aromatic N) is 1. The van der Waals surface area contributed by atoms with Crippen LogP contribution in [0.4, 0.5) is 0 Å². The predicted octanol–water partition coefficient (Wildman–Crippen LogP) is 1.43. The van der Waals surface area contributed by atoms with Crippen LogP contribution in [-0.4, -0.2) is 38.5 Å². The molecule has 15 heavy (non-hydrogen) atoms. The third-order valence-electron chi connectivity index (χ3n) is 2.43. The molecule has 0 aliphatic heterocycles. The Morgan fingerprint density at radius 1 is 0.933 bits per heavy atom. The summed E-state index contributed by atoms with van der Waals surface area (Å²) in [6, 6.07) is 1.08. The second kappa shape index (κ2) is 5.99. The lowest BCUT2D eigenvalue weighted by Crippen LogP contribution is -2.66. The molecule has 0 atom stereocenters. The number of hydrogen-bond donors (Lipinski definition) is 2. The first-order valence-corrected chi connectivity index (χ1v) is 7.56. The molecule has 4 heteroatoms. The molecular formula is C11H29N3Si. The molecule has 0 fully saturated rings. The van der Waals surface area contributed by atoms with E-state index >= 15 is 0 Å². The van der Waals surface area contributed by atoms with Gasteiger partial charge in [0.05, 0.1) is 0 Å². The molecule has 0 aromatic heterocycles. The average Bonchev–Trinajstić information content (AvgIpc) is 1.98. The van der Waals surface area contributed by atoms with Gasteiger partial charge in [0.1, 0.15) is 0 Å². The molecule has 0 amide bonds. The van der Waals surface area contributed by atoms with Crippen molar-refractivity contribution in [1.29, 1.82) is 0 Å². The maximum atomic E-state index is 3.67. The third-order valence-corrected chi connectivity index (χ3v) is 5.94. The average molecular weight is 231 g/mol. The van der Waals surface area contributed by atoms with E-state index in [2.05, 4.69) is 70.0 Å². The van der Waals surface area contributed by atoms with Gasteiger partial charge in [-0.25, -0.2) is 0 Å². The van der Waals surface area contributed by atoms with Gasteiger partial charge in [-0.2, -0.15) is 0 Å². The molecule has 0 aliphatic rings. The fourth-order valence-corrected chi connectivity index (χ4v) is 3.87. The minimum absolute atomic E-state index is 0.223. The number of nitrogens with one attached hydrogen (secondary N) is 2. The molecule has 0 radical (unpaired) electrons. The van der Waals surface area contributed by atoms with E-state index in [-0.39, 0.29) is 5.54 Å². The van der Waals surface area contributed by atoms with E-state index in [0.717, 1.165) is 0 Å². The Morgan fingerprint density at radius 3 is 1.47 bits per heavy atom. The van der Waals surface area contributed by atoms with Gasteiger partial charge in [0, 0.05) is 5.54 Å². The zero-order valence-electron chi connectivity index (χ0n) is 11.7. The Bertz CT molecular complexity index is 165. The summed E-state index contributed by atoms with van der Waals surface area (Å²) >= 11 is 0. The first-order chi connectivity index (χ1) is 6.64. The highest BCUT2D eigenvalue weighted by molar-refractivity contribution is 6.50. The molecular weight excluding hydrogens is 202 g/mol. The van der Waals surface area contributed by atoms with Crippen LogP contribution < -0.4 is 9.96 Å². The van der Waals surface area contributed by atoms with Crippen LogP contribution in [0.1, 0.15) is 48.5 Å². The molecule has 3 nitrogen and oxygen atoms in total. The number of hydrogen-bond acceptors (Lipinski definition) is 3. The van der Waals surface area contributed by atoms with Crippen molar-refractivity contribution in [2.75, 3.05) is 7.05 Å². The van der Waals surface area contributed by atoms with Gasteiger partial charge in [0.25, 0.3) is 9.28 Å². The van der Waals surface area contributed by atoms with Gasteiger partial charge in [0.15, 0.2) is 0 Å². The van der Waals surface area contributed by atoms with Crippen LogP contribution in [0.3, 0.4) is 0 Å². The van der Waals surface area contributed by atoms with Crippen LogP contribution in [0.2, 0.25) is 0 Å². The van der Waals surface area contributed by atoms with Gasteiger partial charge in [-0.15, -0.1) is 0 Å². The van der Waals surface area contributed by atoms with Crippen molar-refractivity contribution in [2.24, 2.45) is 0 Å². The molecule has 0 aromatic rings. The van der Waals surface area contributed by atoms with Gasteiger partial charge >= 0.3 is 0 Å². The van der Waals surface area contributed by atoms with Crippen LogP contribution in [0.5, 0.6) is 0 Å². The summed E-state index contributed by atoms with van der Waals surface area (Å²) in [6.07, 6.45) is 0.